The SMILES string of the molecule is CCCCOCCOC(=O)C1CCCNC1. The summed E-state index contributed by atoms with van der Waals surface area (Å²) in [5.41, 5.74) is 0. The highest BCUT2D eigenvalue weighted by molar-refractivity contribution is 5.72. The molecule has 0 radical (unpaired) electrons. The van der Waals surface area contributed by atoms with Crippen molar-refractivity contribution in [2.75, 3.05) is 32.9 Å². The van der Waals surface area contributed by atoms with Crippen LogP contribution in [0.3, 0.4) is 0 Å². The van der Waals surface area contributed by atoms with Crippen molar-refractivity contribution in [3.63, 3.8) is 0 Å². The molecule has 1 aliphatic rings. The van der Waals surface area contributed by atoms with Gasteiger partial charge in [0.25, 0.3) is 0 Å². The molecule has 0 aromatic carbocycles. The summed E-state index contributed by atoms with van der Waals surface area (Å²) in [5, 5.41) is 3.20. The summed E-state index contributed by atoms with van der Waals surface area (Å²) in [5.74, 6) is -0.0318. The van der Waals surface area contributed by atoms with Crippen molar-refractivity contribution in [3.05, 3.63) is 0 Å². The van der Waals surface area contributed by atoms with Gasteiger partial charge in [-0.15, -0.1) is 0 Å². The second-order valence-electron chi connectivity index (χ2n) is 4.18. The van der Waals surface area contributed by atoms with Crippen molar-refractivity contribution in [1.29, 1.82) is 0 Å². The summed E-state index contributed by atoms with van der Waals surface area (Å²) in [6, 6.07) is 0. The molecule has 1 aliphatic heterocycles. The van der Waals surface area contributed by atoms with Crippen LogP contribution >= 0.6 is 0 Å². The first-order valence-electron chi connectivity index (χ1n) is 6.29. The van der Waals surface area contributed by atoms with Crippen LogP contribution in [-0.2, 0) is 14.3 Å². The maximum atomic E-state index is 11.6. The van der Waals surface area contributed by atoms with E-state index in [1.165, 1.54) is 0 Å². The standard InChI is InChI=1S/C12H23NO3/c1-2-3-7-15-8-9-16-12(14)11-5-4-6-13-10-11/h11,13H,2-10H2,1H3. The molecule has 4 heteroatoms. The Labute approximate surface area is 97.7 Å². The number of hydrogen-bond acceptors (Lipinski definition) is 4. The van der Waals surface area contributed by atoms with E-state index in [1.807, 2.05) is 0 Å². The highest BCUT2D eigenvalue weighted by Crippen LogP contribution is 2.11. The number of esters is 1. The van der Waals surface area contributed by atoms with Gasteiger partial charge in [0.05, 0.1) is 12.5 Å². The fourth-order valence-electron chi connectivity index (χ4n) is 1.72. The molecule has 0 aromatic rings. The van der Waals surface area contributed by atoms with E-state index in [9.17, 15) is 4.79 Å². The lowest BCUT2D eigenvalue weighted by Crippen LogP contribution is -2.35. The van der Waals surface area contributed by atoms with Gasteiger partial charge in [-0.25, -0.2) is 0 Å². The normalized spacial score (nSPS) is 20.7. The monoisotopic (exact) mass is 229 g/mol. The summed E-state index contributed by atoms with van der Waals surface area (Å²) in [7, 11) is 0. The second kappa shape index (κ2) is 8.53. The molecular weight excluding hydrogens is 206 g/mol. The van der Waals surface area contributed by atoms with Crippen molar-refractivity contribution >= 4 is 5.97 Å². The second-order valence-corrected chi connectivity index (χ2v) is 4.18. The molecule has 0 amide bonds. The molecule has 94 valence electrons. The fourth-order valence-corrected chi connectivity index (χ4v) is 1.72. The first-order valence-corrected chi connectivity index (χ1v) is 6.29. The summed E-state index contributed by atoms with van der Waals surface area (Å²) < 4.78 is 10.5. The molecule has 1 fully saturated rings. The quantitative estimate of drug-likeness (QED) is 0.529. The highest BCUT2D eigenvalue weighted by Gasteiger charge is 2.21. The van der Waals surface area contributed by atoms with Crippen molar-refractivity contribution in [1.82, 2.24) is 5.32 Å². The Morgan fingerprint density at radius 3 is 2.94 bits per heavy atom. The zero-order valence-corrected chi connectivity index (χ0v) is 10.2. The number of carbonyl (C=O) groups is 1. The van der Waals surface area contributed by atoms with E-state index in [4.69, 9.17) is 9.47 Å². The van der Waals surface area contributed by atoms with Crippen LogP contribution < -0.4 is 5.32 Å². The predicted octanol–water partition coefficient (Wildman–Crippen LogP) is 1.35. The van der Waals surface area contributed by atoms with Gasteiger partial charge in [-0.2, -0.15) is 0 Å². The average molecular weight is 229 g/mol. The van der Waals surface area contributed by atoms with Crippen LogP contribution in [0.4, 0.5) is 0 Å². The first kappa shape index (κ1) is 13.5. The Kier molecular flexibility index (Phi) is 7.17. The van der Waals surface area contributed by atoms with Crippen molar-refractivity contribution in [2.45, 2.75) is 32.6 Å². The van der Waals surface area contributed by atoms with Crippen LogP contribution in [0, 0.1) is 5.92 Å². The minimum Gasteiger partial charge on any atom is -0.463 e. The average Bonchev–Trinajstić information content (AvgIpc) is 2.34. The Bertz CT molecular complexity index is 191. The van der Waals surface area contributed by atoms with E-state index >= 15 is 0 Å². The minimum atomic E-state index is -0.0775. The molecule has 1 heterocycles. The molecule has 16 heavy (non-hydrogen) atoms. The minimum absolute atomic E-state index is 0.0457. The van der Waals surface area contributed by atoms with Gasteiger partial charge in [0.15, 0.2) is 0 Å². The Balaban J connectivity index is 1.97. The smallest absolute Gasteiger partial charge is 0.310 e. The van der Waals surface area contributed by atoms with Crippen LogP contribution in [0.25, 0.3) is 0 Å². The zero-order valence-electron chi connectivity index (χ0n) is 10.2. The Morgan fingerprint density at radius 2 is 2.25 bits per heavy atom. The third-order valence-corrected chi connectivity index (χ3v) is 2.74. The molecule has 1 saturated heterocycles. The summed E-state index contributed by atoms with van der Waals surface area (Å²) in [6.45, 7) is 5.57. The van der Waals surface area contributed by atoms with Gasteiger partial charge in [-0.1, -0.05) is 13.3 Å². The molecule has 0 saturated carbocycles. The van der Waals surface area contributed by atoms with Crippen LogP contribution in [0.15, 0.2) is 0 Å². The maximum absolute atomic E-state index is 11.6. The van der Waals surface area contributed by atoms with Crippen molar-refractivity contribution in [3.8, 4) is 0 Å². The summed E-state index contributed by atoms with van der Waals surface area (Å²) in [4.78, 5) is 11.6. The highest BCUT2D eigenvalue weighted by atomic mass is 16.6. The van der Waals surface area contributed by atoms with Crippen LogP contribution in [-0.4, -0.2) is 38.9 Å². The molecule has 4 nitrogen and oxygen atoms in total. The Hall–Kier alpha value is -0.610. The van der Waals surface area contributed by atoms with Gasteiger partial charge < -0.3 is 14.8 Å². The molecule has 0 bridgehead atoms. The molecule has 1 unspecified atom stereocenters. The molecule has 0 aliphatic carbocycles. The molecule has 1 rings (SSSR count). The van der Waals surface area contributed by atoms with Crippen LogP contribution in [0.1, 0.15) is 32.6 Å². The van der Waals surface area contributed by atoms with E-state index in [0.717, 1.165) is 45.4 Å². The van der Waals surface area contributed by atoms with E-state index in [-0.39, 0.29) is 11.9 Å². The lowest BCUT2D eigenvalue weighted by Gasteiger charge is -2.21. The molecule has 1 N–H and O–H groups in total. The maximum Gasteiger partial charge on any atom is 0.310 e. The van der Waals surface area contributed by atoms with Crippen LogP contribution in [0.2, 0.25) is 0 Å². The summed E-state index contributed by atoms with van der Waals surface area (Å²) in [6.07, 6.45) is 4.21. The lowest BCUT2D eigenvalue weighted by atomic mass is 10.0. The first-order chi connectivity index (χ1) is 7.84. The van der Waals surface area contributed by atoms with Crippen LogP contribution in [0.5, 0.6) is 0 Å². The number of unbranched alkanes of at least 4 members (excludes halogenated alkanes) is 1. The van der Waals surface area contributed by atoms with Crippen molar-refractivity contribution < 1.29 is 14.3 Å². The van der Waals surface area contributed by atoms with Gasteiger partial charge in [0.1, 0.15) is 6.61 Å². The van der Waals surface area contributed by atoms with Gasteiger partial charge in [0, 0.05) is 13.2 Å². The van der Waals surface area contributed by atoms with Gasteiger partial charge >= 0.3 is 5.97 Å². The fraction of sp³-hybridized carbons (Fsp3) is 0.917. The number of nitrogens with one attached hydrogen (secondary N) is 1. The predicted molar refractivity (Wildman–Crippen MR) is 62.3 cm³/mol. The van der Waals surface area contributed by atoms with E-state index in [1.54, 1.807) is 0 Å². The molecule has 0 spiro atoms. The van der Waals surface area contributed by atoms with Gasteiger partial charge in [0.2, 0.25) is 0 Å². The molecule has 0 aromatic heterocycles. The van der Waals surface area contributed by atoms with E-state index in [0.29, 0.717) is 13.2 Å². The third-order valence-electron chi connectivity index (χ3n) is 2.74. The van der Waals surface area contributed by atoms with E-state index in [2.05, 4.69) is 12.2 Å². The molecule has 1 atom stereocenters. The molecular formula is C12H23NO3. The number of ether oxygens (including phenoxy) is 2. The topological polar surface area (TPSA) is 47.6 Å². The van der Waals surface area contributed by atoms with Gasteiger partial charge in [-0.3, -0.25) is 4.79 Å². The number of piperidine rings is 1. The summed E-state index contributed by atoms with van der Waals surface area (Å²) >= 11 is 0. The van der Waals surface area contributed by atoms with Crippen molar-refractivity contribution in [2.24, 2.45) is 5.92 Å². The largest absolute Gasteiger partial charge is 0.463 e. The van der Waals surface area contributed by atoms with E-state index < -0.39 is 0 Å². The van der Waals surface area contributed by atoms with Gasteiger partial charge in [-0.05, 0) is 25.8 Å². The number of rotatable bonds is 7. The Morgan fingerprint density at radius 1 is 1.38 bits per heavy atom. The third kappa shape index (κ3) is 5.47. The number of hydrogen-bond donors (Lipinski definition) is 1. The lowest BCUT2D eigenvalue weighted by molar-refractivity contribution is -0.150. The number of carbonyl (C=O) groups excluding carboxylic acids is 1. The zero-order chi connectivity index (χ0) is 11.6.